The Kier molecular flexibility index (Phi) is 8.36. The maximum atomic E-state index is 13.0. The molecule has 0 saturated heterocycles. The number of carbonyl (C=O) groups is 2. The van der Waals surface area contributed by atoms with Gasteiger partial charge < -0.3 is 24.4 Å². The van der Waals surface area contributed by atoms with E-state index < -0.39 is 18.2 Å². The lowest BCUT2D eigenvalue weighted by molar-refractivity contribution is -0.136. The second kappa shape index (κ2) is 11.8. The van der Waals surface area contributed by atoms with Crippen molar-refractivity contribution < 1.29 is 23.8 Å². The molecular formula is C29H29ClN2O5. The number of anilines is 1. The van der Waals surface area contributed by atoms with Crippen LogP contribution in [0.15, 0.2) is 90.6 Å². The molecule has 3 aromatic rings. The highest BCUT2D eigenvalue weighted by atomic mass is 35.5. The minimum Gasteiger partial charge on any atom is -0.497 e. The van der Waals surface area contributed by atoms with E-state index in [4.69, 9.17) is 25.8 Å². The van der Waals surface area contributed by atoms with Crippen molar-refractivity contribution in [3.63, 3.8) is 0 Å². The van der Waals surface area contributed by atoms with Crippen LogP contribution in [0.4, 0.5) is 10.5 Å². The van der Waals surface area contributed by atoms with E-state index in [1.807, 2.05) is 73.7 Å². The summed E-state index contributed by atoms with van der Waals surface area (Å²) in [5, 5.41) is 3.58. The molecule has 0 aromatic heterocycles. The van der Waals surface area contributed by atoms with Gasteiger partial charge in [0.2, 0.25) is 0 Å². The van der Waals surface area contributed by atoms with Gasteiger partial charge in [-0.05, 0) is 53.6 Å². The maximum absolute atomic E-state index is 13.0. The second-order valence-electron chi connectivity index (χ2n) is 8.70. The van der Waals surface area contributed by atoms with Crippen LogP contribution in [0.3, 0.4) is 0 Å². The van der Waals surface area contributed by atoms with Crippen LogP contribution in [0.2, 0.25) is 5.02 Å². The van der Waals surface area contributed by atoms with Gasteiger partial charge in [-0.1, -0.05) is 61.0 Å². The number of amides is 1. The van der Waals surface area contributed by atoms with Crippen LogP contribution in [0, 0.1) is 5.92 Å². The Morgan fingerprint density at radius 3 is 2.35 bits per heavy atom. The first-order chi connectivity index (χ1) is 17.9. The molecule has 4 rings (SSSR count). The van der Waals surface area contributed by atoms with Crippen molar-refractivity contribution in [1.82, 2.24) is 5.32 Å². The molecule has 8 heteroatoms. The largest absolute Gasteiger partial charge is 0.497 e. The number of hydrogen-bond acceptors (Lipinski definition) is 6. The van der Waals surface area contributed by atoms with Gasteiger partial charge in [-0.2, -0.15) is 0 Å². The fourth-order valence-electron chi connectivity index (χ4n) is 4.49. The van der Waals surface area contributed by atoms with E-state index in [1.165, 1.54) is 7.11 Å². The highest BCUT2D eigenvalue weighted by Gasteiger charge is 2.41. The number of nitrogens with zero attached hydrogens (tertiary/aromatic N) is 1. The molecule has 0 fully saturated rings. The zero-order valence-electron chi connectivity index (χ0n) is 20.9. The quantitative estimate of drug-likeness (QED) is 0.391. The molecule has 7 nitrogen and oxygen atoms in total. The van der Waals surface area contributed by atoms with E-state index in [0.29, 0.717) is 22.2 Å². The summed E-state index contributed by atoms with van der Waals surface area (Å²) in [6.45, 7) is 2.13. The Morgan fingerprint density at radius 2 is 1.70 bits per heavy atom. The molecule has 3 atom stereocenters. The minimum absolute atomic E-state index is 0.119. The highest BCUT2D eigenvalue weighted by molar-refractivity contribution is 6.30. The Labute approximate surface area is 221 Å². The number of rotatable bonds is 7. The van der Waals surface area contributed by atoms with Gasteiger partial charge in [0.1, 0.15) is 24.2 Å². The van der Waals surface area contributed by atoms with Gasteiger partial charge in [0.25, 0.3) is 0 Å². The van der Waals surface area contributed by atoms with E-state index in [1.54, 1.807) is 30.2 Å². The zero-order chi connectivity index (χ0) is 26.4. The first-order valence-corrected chi connectivity index (χ1v) is 12.2. The number of nitrogens with one attached hydrogen (secondary N) is 1. The average Bonchev–Trinajstić information content (AvgIpc) is 2.93. The molecule has 0 saturated carbocycles. The molecule has 3 aromatic carbocycles. The Balaban J connectivity index is 1.72. The van der Waals surface area contributed by atoms with Crippen LogP contribution in [-0.4, -0.2) is 32.4 Å². The van der Waals surface area contributed by atoms with Gasteiger partial charge in [0.15, 0.2) is 0 Å². The third kappa shape index (κ3) is 6.06. The molecule has 0 bridgehead atoms. The molecule has 1 heterocycles. The fourth-order valence-corrected chi connectivity index (χ4v) is 4.69. The number of allylic oxidation sites excluding steroid dienone is 1. The van der Waals surface area contributed by atoms with E-state index in [0.717, 1.165) is 11.1 Å². The standard InChI is InChI=1S/C29H29ClN2O5/c1-19-25(21-10-7-11-22(30)16-21)17-26(28(33)36-3)32(23-12-14-24(35-2)15-13-23)27(19)31-29(34)37-18-20-8-5-4-6-9-20/h4-17,19,25,27H,18H2,1-3H3,(H,31,34)/t19-,25+,27-/m1/s1. The number of hydrogen-bond donors (Lipinski definition) is 1. The predicted molar refractivity (Wildman–Crippen MR) is 142 cm³/mol. The maximum Gasteiger partial charge on any atom is 0.409 e. The fraction of sp³-hybridized carbons (Fsp3) is 0.241. The molecule has 1 amide bonds. The van der Waals surface area contributed by atoms with Crippen LogP contribution < -0.4 is 15.0 Å². The second-order valence-corrected chi connectivity index (χ2v) is 9.14. The summed E-state index contributed by atoms with van der Waals surface area (Å²) in [5.74, 6) is -0.278. The lowest BCUT2D eigenvalue weighted by Crippen LogP contribution is -2.56. The average molecular weight is 521 g/mol. The number of alkyl carbamates (subject to hydrolysis) is 1. The van der Waals surface area contributed by atoms with Crippen molar-refractivity contribution in [2.45, 2.75) is 25.6 Å². The minimum atomic E-state index is -0.639. The molecule has 0 aliphatic carbocycles. The van der Waals surface area contributed by atoms with E-state index >= 15 is 0 Å². The van der Waals surface area contributed by atoms with Crippen molar-refractivity contribution >= 4 is 29.4 Å². The van der Waals surface area contributed by atoms with Crippen molar-refractivity contribution in [1.29, 1.82) is 0 Å². The number of carbonyl (C=O) groups excluding carboxylic acids is 2. The topological polar surface area (TPSA) is 77.1 Å². The van der Waals surface area contributed by atoms with Crippen molar-refractivity contribution in [2.24, 2.45) is 5.92 Å². The van der Waals surface area contributed by atoms with Gasteiger partial charge >= 0.3 is 12.1 Å². The van der Waals surface area contributed by atoms with E-state index in [2.05, 4.69) is 5.32 Å². The smallest absolute Gasteiger partial charge is 0.409 e. The number of halogens is 1. The monoisotopic (exact) mass is 520 g/mol. The van der Waals surface area contributed by atoms with Gasteiger partial charge in [-0.3, -0.25) is 0 Å². The molecule has 0 radical (unpaired) electrons. The molecule has 0 spiro atoms. The van der Waals surface area contributed by atoms with Gasteiger partial charge in [0, 0.05) is 22.5 Å². The van der Waals surface area contributed by atoms with Crippen molar-refractivity contribution in [3.05, 3.63) is 107 Å². The summed E-state index contributed by atoms with van der Waals surface area (Å²) in [6, 6.07) is 24.1. The van der Waals surface area contributed by atoms with E-state index in [9.17, 15) is 9.59 Å². The van der Waals surface area contributed by atoms with Gasteiger partial charge in [0.05, 0.1) is 14.2 Å². The van der Waals surface area contributed by atoms with Gasteiger partial charge in [-0.25, -0.2) is 9.59 Å². The molecule has 192 valence electrons. The van der Waals surface area contributed by atoms with Crippen molar-refractivity contribution in [2.75, 3.05) is 19.1 Å². The van der Waals surface area contributed by atoms with Crippen LogP contribution in [0.5, 0.6) is 5.75 Å². The molecular weight excluding hydrogens is 492 g/mol. The number of ether oxygens (including phenoxy) is 3. The molecule has 1 N–H and O–H groups in total. The summed E-state index contributed by atoms with van der Waals surface area (Å²) < 4.78 is 16.0. The molecule has 1 aliphatic heterocycles. The van der Waals surface area contributed by atoms with E-state index in [-0.39, 0.29) is 18.4 Å². The summed E-state index contributed by atoms with van der Waals surface area (Å²) in [5.41, 5.74) is 2.76. The molecule has 37 heavy (non-hydrogen) atoms. The lowest BCUT2D eigenvalue weighted by atomic mass is 9.81. The van der Waals surface area contributed by atoms with Crippen LogP contribution >= 0.6 is 11.6 Å². The van der Waals surface area contributed by atoms with Crippen molar-refractivity contribution in [3.8, 4) is 5.75 Å². The predicted octanol–water partition coefficient (Wildman–Crippen LogP) is 5.90. The summed E-state index contributed by atoms with van der Waals surface area (Å²) in [4.78, 5) is 27.8. The Morgan fingerprint density at radius 1 is 0.973 bits per heavy atom. The summed E-state index contributed by atoms with van der Waals surface area (Å²) in [6.07, 6.45) is 0.620. The SMILES string of the molecule is COC(=O)C1=C[C@H](c2cccc(Cl)c2)[C@@H](C)[C@H](NC(=O)OCc2ccccc2)N1c1ccc(OC)cc1. The normalized spacial score (nSPS) is 19.0. The van der Waals surface area contributed by atoms with Gasteiger partial charge in [-0.15, -0.1) is 0 Å². The first-order valence-electron chi connectivity index (χ1n) is 11.9. The highest BCUT2D eigenvalue weighted by Crippen LogP contribution is 2.40. The van der Waals surface area contributed by atoms with Crippen LogP contribution in [0.1, 0.15) is 24.0 Å². The number of benzene rings is 3. The zero-order valence-corrected chi connectivity index (χ0v) is 21.6. The number of esters is 1. The molecule has 1 aliphatic rings. The first kappa shape index (κ1) is 26.1. The number of methoxy groups -OCH3 is 2. The van der Waals surface area contributed by atoms with Crippen LogP contribution in [-0.2, 0) is 20.9 Å². The Bertz CT molecular complexity index is 1260. The third-order valence-corrected chi connectivity index (χ3v) is 6.63. The molecule has 0 unspecified atom stereocenters. The summed E-state index contributed by atoms with van der Waals surface area (Å²) in [7, 11) is 2.92. The lowest BCUT2D eigenvalue weighted by Gasteiger charge is -2.44. The summed E-state index contributed by atoms with van der Waals surface area (Å²) >= 11 is 6.29. The van der Waals surface area contributed by atoms with Crippen LogP contribution in [0.25, 0.3) is 0 Å². The Hall–Kier alpha value is -3.97. The third-order valence-electron chi connectivity index (χ3n) is 6.40.